The largest absolute Gasteiger partial charge is 0.508 e. The fourth-order valence-corrected chi connectivity index (χ4v) is 2.78. The Labute approximate surface area is 170 Å². The van der Waals surface area contributed by atoms with Crippen molar-refractivity contribution in [3.63, 3.8) is 0 Å². The summed E-state index contributed by atoms with van der Waals surface area (Å²) in [6, 6.07) is 15.3. The van der Waals surface area contributed by atoms with Crippen LogP contribution < -0.4 is 4.74 Å². The zero-order valence-electron chi connectivity index (χ0n) is 16.7. The van der Waals surface area contributed by atoms with Crippen molar-refractivity contribution in [1.29, 1.82) is 0 Å². The zero-order valence-corrected chi connectivity index (χ0v) is 16.7. The lowest BCUT2D eigenvalue weighted by Gasteiger charge is -2.10. The molecule has 0 aliphatic carbocycles. The highest BCUT2D eigenvalue weighted by molar-refractivity contribution is 5.61. The molecule has 7 heteroatoms. The Balaban J connectivity index is 1.74. The zero-order chi connectivity index (χ0) is 20.5. The van der Waals surface area contributed by atoms with Crippen LogP contribution in [0.5, 0.6) is 5.75 Å². The molecule has 0 aliphatic heterocycles. The highest BCUT2D eigenvalue weighted by Crippen LogP contribution is 2.24. The summed E-state index contributed by atoms with van der Waals surface area (Å²) < 4.78 is 17.5. The van der Waals surface area contributed by atoms with Crippen LogP contribution in [0, 0.1) is 0 Å². The summed E-state index contributed by atoms with van der Waals surface area (Å²) >= 11 is 0. The van der Waals surface area contributed by atoms with E-state index in [-0.39, 0.29) is 6.61 Å². The Morgan fingerprint density at radius 2 is 1.93 bits per heavy atom. The van der Waals surface area contributed by atoms with Gasteiger partial charge in [-0.25, -0.2) is 14.5 Å². The molecule has 0 spiro atoms. The minimum absolute atomic E-state index is 0.128. The molecule has 2 aromatic carbocycles. The lowest BCUT2D eigenvalue weighted by Crippen LogP contribution is -2.08. The molecule has 3 aromatic rings. The van der Waals surface area contributed by atoms with Gasteiger partial charge in [-0.05, 0) is 43.2 Å². The number of nitrogens with zero attached hydrogens (tertiary/aromatic N) is 3. The molecule has 0 amide bonds. The lowest BCUT2D eigenvalue weighted by molar-refractivity contribution is 0.0491. The van der Waals surface area contributed by atoms with Crippen molar-refractivity contribution in [3.8, 4) is 22.8 Å². The quantitative estimate of drug-likeness (QED) is 0.383. The molecule has 0 fully saturated rings. The maximum atomic E-state index is 11.6. The van der Waals surface area contributed by atoms with E-state index in [4.69, 9.17) is 14.2 Å². The van der Waals surface area contributed by atoms with E-state index in [1.807, 2.05) is 62.4 Å². The van der Waals surface area contributed by atoms with Gasteiger partial charge in [-0.3, -0.25) is 0 Å². The van der Waals surface area contributed by atoms with Crippen LogP contribution in [0.4, 0.5) is 4.79 Å². The summed E-state index contributed by atoms with van der Waals surface area (Å²) in [4.78, 5) is 16.0. The molecule has 0 aliphatic rings. The molecular weight excluding hydrogens is 370 g/mol. The van der Waals surface area contributed by atoms with E-state index in [2.05, 4.69) is 10.1 Å². The lowest BCUT2D eigenvalue weighted by atomic mass is 10.2. The number of benzene rings is 2. The highest BCUT2D eigenvalue weighted by Gasteiger charge is 2.11. The van der Waals surface area contributed by atoms with Crippen LogP contribution in [0.2, 0.25) is 0 Å². The van der Waals surface area contributed by atoms with E-state index in [1.165, 1.54) is 6.33 Å². The number of ether oxygens (including phenoxy) is 3. The summed E-state index contributed by atoms with van der Waals surface area (Å²) in [7, 11) is 0. The standard InChI is InChI=1S/C22H25N3O4/c1-3-5-12-28-22(26)29-15-17-8-6-10-19(13-17)25-21(23-16-24-25)18-9-7-11-20(14-18)27-4-2/h6-11,13-14,16H,3-5,12,15H2,1-2H3. The van der Waals surface area contributed by atoms with Crippen molar-refractivity contribution in [1.82, 2.24) is 14.8 Å². The van der Waals surface area contributed by atoms with Crippen molar-refractivity contribution in [2.45, 2.75) is 33.3 Å². The highest BCUT2D eigenvalue weighted by atomic mass is 16.7. The summed E-state index contributed by atoms with van der Waals surface area (Å²) in [6.07, 6.45) is 2.64. The molecule has 0 bridgehead atoms. The van der Waals surface area contributed by atoms with Crippen LogP contribution in [-0.2, 0) is 16.1 Å². The first kappa shape index (κ1) is 20.4. The first-order valence-electron chi connectivity index (χ1n) is 9.73. The summed E-state index contributed by atoms with van der Waals surface area (Å²) in [5, 5.41) is 4.36. The van der Waals surface area contributed by atoms with Gasteiger partial charge < -0.3 is 14.2 Å². The predicted octanol–water partition coefficient (Wildman–Crippen LogP) is 4.79. The van der Waals surface area contributed by atoms with Crippen molar-refractivity contribution in [3.05, 3.63) is 60.4 Å². The van der Waals surface area contributed by atoms with Crippen LogP contribution in [0.15, 0.2) is 54.9 Å². The van der Waals surface area contributed by atoms with Crippen LogP contribution in [-0.4, -0.2) is 34.1 Å². The van der Waals surface area contributed by atoms with E-state index in [0.29, 0.717) is 19.0 Å². The fourth-order valence-electron chi connectivity index (χ4n) is 2.78. The SMILES string of the molecule is CCCCOC(=O)OCc1cccc(-n2ncnc2-c2cccc(OCC)c2)c1. The van der Waals surface area contributed by atoms with E-state index < -0.39 is 6.16 Å². The predicted molar refractivity (Wildman–Crippen MR) is 109 cm³/mol. The van der Waals surface area contributed by atoms with Crippen LogP contribution in [0.3, 0.4) is 0 Å². The third kappa shape index (κ3) is 5.57. The molecule has 7 nitrogen and oxygen atoms in total. The number of hydrogen-bond donors (Lipinski definition) is 0. The van der Waals surface area contributed by atoms with Gasteiger partial charge in [-0.1, -0.05) is 37.6 Å². The number of hydrogen-bond acceptors (Lipinski definition) is 6. The third-order valence-electron chi connectivity index (χ3n) is 4.18. The van der Waals surface area contributed by atoms with Crippen LogP contribution >= 0.6 is 0 Å². The second-order valence-electron chi connectivity index (χ2n) is 6.37. The number of unbranched alkanes of at least 4 members (excludes halogenated alkanes) is 1. The van der Waals surface area contributed by atoms with Gasteiger partial charge >= 0.3 is 6.16 Å². The number of carbonyl (C=O) groups is 1. The van der Waals surface area contributed by atoms with Gasteiger partial charge in [0.1, 0.15) is 18.7 Å². The minimum Gasteiger partial charge on any atom is -0.494 e. The van der Waals surface area contributed by atoms with Gasteiger partial charge in [0, 0.05) is 5.56 Å². The van der Waals surface area contributed by atoms with Crippen molar-refractivity contribution < 1.29 is 19.0 Å². The molecule has 3 rings (SSSR count). The maximum Gasteiger partial charge on any atom is 0.508 e. The maximum absolute atomic E-state index is 11.6. The molecular formula is C22H25N3O4. The molecule has 0 radical (unpaired) electrons. The monoisotopic (exact) mass is 395 g/mol. The Kier molecular flexibility index (Phi) is 7.22. The molecule has 0 atom stereocenters. The van der Waals surface area contributed by atoms with E-state index in [9.17, 15) is 4.79 Å². The Morgan fingerprint density at radius 3 is 2.76 bits per heavy atom. The van der Waals surface area contributed by atoms with E-state index in [0.717, 1.165) is 35.4 Å². The molecule has 29 heavy (non-hydrogen) atoms. The Morgan fingerprint density at radius 1 is 1.07 bits per heavy atom. The normalized spacial score (nSPS) is 10.6. The molecule has 0 unspecified atom stereocenters. The van der Waals surface area contributed by atoms with E-state index >= 15 is 0 Å². The molecule has 1 heterocycles. The number of rotatable bonds is 9. The van der Waals surface area contributed by atoms with Gasteiger partial charge in [0.15, 0.2) is 5.82 Å². The van der Waals surface area contributed by atoms with E-state index in [1.54, 1.807) is 4.68 Å². The van der Waals surface area contributed by atoms with Gasteiger partial charge in [0.25, 0.3) is 0 Å². The van der Waals surface area contributed by atoms with Crippen molar-refractivity contribution in [2.75, 3.05) is 13.2 Å². The Hall–Kier alpha value is -3.35. The minimum atomic E-state index is -0.655. The number of aromatic nitrogens is 3. The fraction of sp³-hybridized carbons (Fsp3) is 0.318. The summed E-state index contributed by atoms with van der Waals surface area (Å²) in [6.45, 7) is 5.08. The van der Waals surface area contributed by atoms with Gasteiger partial charge in [-0.15, -0.1) is 0 Å². The average Bonchev–Trinajstić information content (AvgIpc) is 3.23. The van der Waals surface area contributed by atoms with Gasteiger partial charge in [0.2, 0.25) is 0 Å². The number of carbonyl (C=O) groups excluding carboxylic acids is 1. The molecule has 152 valence electrons. The second kappa shape index (κ2) is 10.3. The van der Waals surface area contributed by atoms with Gasteiger partial charge in [0.05, 0.1) is 18.9 Å². The summed E-state index contributed by atoms with van der Waals surface area (Å²) in [5.74, 6) is 1.48. The van der Waals surface area contributed by atoms with Crippen molar-refractivity contribution >= 4 is 6.16 Å². The van der Waals surface area contributed by atoms with Crippen LogP contribution in [0.25, 0.3) is 17.1 Å². The molecule has 1 aromatic heterocycles. The molecule has 0 saturated carbocycles. The topological polar surface area (TPSA) is 75.5 Å². The van der Waals surface area contributed by atoms with Crippen LogP contribution in [0.1, 0.15) is 32.3 Å². The second-order valence-corrected chi connectivity index (χ2v) is 6.37. The van der Waals surface area contributed by atoms with Gasteiger partial charge in [-0.2, -0.15) is 5.10 Å². The molecule has 0 saturated heterocycles. The Bertz CT molecular complexity index is 939. The average molecular weight is 395 g/mol. The smallest absolute Gasteiger partial charge is 0.494 e. The first-order chi connectivity index (χ1) is 14.2. The third-order valence-corrected chi connectivity index (χ3v) is 4.18. The molecule has 0 N–H and O–H groups in total. The summed E-state index contributed by atoms with van der Waals surface area (Å²) in [5.41, 5.74) is 2.55. The first-order valence-corrected chi connectivity index (χ1v) is 9.73. The van der Waals surface area contributed by atoms with Crippen molar-refractivity contribution in [2.24, 2.45) is 0 Å².